The van der Waals surface area contributed by atoms with Crippen LogP contribution in [0.5, 0.6) is 0 Å². The lowest BCUT2D eigenvalue weighted by atomic mass is 10.0. The van der Waals surface area contributed by atoms with Gasteiger partial charge >= 0.3 is 13.8 Å². The Bertz CT molecular complexity index is 1090. The number of hydrogen-bond donors (Lipinski definition) is 3. The first-order chi connectivity index (χ1) is 29.8. The van der Waals surface area contributed by atoms with Crippen molar-refractivity contribution >= 4 is 13.8 Å². The van der Waals surface area contributed by atoms with Gasteiger partial charge in [0.2, 0.25) is 0 Å². The normalized spacial score (nSPS) is 14.2. The summed E-state index contributed by atoms with van der Waals surface area (Å²) in [4.78, 5) is 22.7. The predicted octanol–water partition coefficient (Wildman–Crippen LogP) is 14.5. The number of phosphoric ester groups is 1. The molecule has 0 rings (SSSR count). The van der Waals surface area contributed by atoms with Crippen LogP contribution in [-0.4, -0.2) is 66.3 Å². The fourth-order valence-corrected chi connectivity index (χ4v) is 7.79. The second-order valence-corrected chi connectivity index (χ2v) is 18.3. The van der Waals surface area contributed by atoms with Gasteiger partial charge in [-0.25, -0.2) is 4.57 Å². The number of rotatable bonds is 48. The van der Waals surface area contributed by atoms with E-state index in [2.05, 4.69) is 62.5 Å². The Morgan fingerprint density at radius 1 is 0.525 bits per heavy atom. The van der Waals surface area contributed by atoms with Gasteiger partial charge in [0.15, 0.2) is 0 Å². The summed E-state index contributed by atoms with van der Waals surface area (Å²) in [5.74, 6) is -0.382. The molecule has 0 amide bonds. The van der Waals surface area contributed by atoms with Crippen molar-refractivity contribution in [2.75, 3.05) is 33.0 Å². The van der Waals surface area contributed by atoms with Crippen molar-refractivity contribution in [1.29, 1.82) is 0 Å². The highest BCUT2D eigenvalue weighted by atomic mass is 31.2. The summed E-state index contributed by atoms with van der Waals surface area (Å²) in [5.41, 5.74) is 0. The van der Waals surface area contributed by atoms with Gasteiger partial charge in [0, 0.05) is 13.0 Å². The van der Waals surface area contributed by atoms with Gasteiger partial charge in [-0.05, 0) is 51.4 Å². The number of carbonyl (C=O) groups is 1. The molecule has 10 heteroatoms. The van der Waals surface area contributed by atoms with Gasteiger partial charge in [-0.3, -0.25) is 13.8 Å². The van der Waals surface area contributed by atoms with Crippen LogP contribution in [0.4, 0.5) is 0 Å². The third-order valence-corrected chi connectivity index (χ3v) is 11.7. The first-order valence-corrected chi connectivity index (χ1v) is 26.6. The maximum Gasteiger partial charge on any atom is 0.472 e. The summed E-state index contributed by atoms with van der Waals surface area (Å²) in [7, 11) is -4.52. The largest absolute Gasteiger partial charge is 0.472 e. The van der Waals surface area contributed by atoms with E-state index in [9.17, 15) is 19.4 Å². The monoisotopic (exact) mass is 883 g/mol. The van der Waals surface area contributed by atoms with E-state index in [0.717, 1.165) is 70.6 Å². The Morgan fingerprint density at radius 3 is 1.41 bits per heavy atom. The number of hydrogen-bond acceptors (Lipinski definition) is 8. The van der Waals surface area contributed by atoms with Gasteiger partial charge in [-0.2, -0.15) is 0 Å². The van der Waals surface area contributed by atoms with Crippen LogP contribution in [0.2, 0.25) is 0 Å². The number of carbonyl (C=O) groups excluding carboxylic acids is 1. The van der Waals surface area contributed by atoms with Crippen LogP contribution in [0, 0.1) is 0 Å². The summed E-state index contributed by atoms with van der Waals surface area (Å²) in [6.07, 6.45) is 55.0. The van der Waals surface area contributed by atoms with Crippen molar-refractivity contribution in [2.45, 2.75) is 238 Å². The van der Waals surface area contributed by atoms with Crippen LogP contribution in [0.25, 0.3) is 0 Å². The smallest absolute Gasteiger partial charge is 0.457 e. The molecule has 61 heavy (non-hydrogen) atoms. The van der Waals surface area contributed by atoms with Crippen LogP contribution in [0.15, 0.2) is 48.6 Å². The summed E-state index contributed by atoms with van der Waals surface area (Å²) in [6.45, 7) is 3.43. The number of allylic oxidation sites excluding steroid dienone is 8. The fourth-order valence-electron chi connectivity index (χ4n) is 7.00. The number of unbranched alkanes of at least 4 members (excludes halogenated alkanes) is 26. The van der Waals surface area contributed by atoms with E-state index in [1.54, 1.807) is 0 Å². The van der Waals surface area contributed by atoms with Crippen molar-refractivity contribution in [3.63, 3.8) is 0 Å². The minimum Gasteiger partial charge on any atom is -0.457 e. The molecule has 0 saturated heterocycles. The molecule has 0 heterocycles. The van der Waals surface area contributed by atoms with Gasteiger partial charge < -0.3 is 24.6 Å². The molecule has 0 spiro atoms. The number of phosphoric acid groups is 1. The Morgan fingerprint density at radius 2 is 0.934 bits per heavy atom. The molecule has 3 unspecified atom stereocenters. The molecule has 0 aliphatic rings. The molecule has 358 valence electrons. The first-order valence-electron chi connectivity index (χ1n) is 25.1. The molecule has 3 N–H and O–H groups in total. The van der Waals surface area contributed by atoms with E-state index in [0.29, 0.717) is 6.61 Å². The standard InChI is InChI=1S/C51H95O9P/c1-3-5-7-9-11-13-15-17-19-21-23-24-25-26-28-30-32-34-36-38-40-42-44-57-47-50(48-59-61(55,56)58-46-49(53)45-52)60-51(54)43-41-39-37-35-33-31-29-27-22-20-18-16-14-12-10-8-6-4-2/h5,7,11,13,17,19,23-24,49-50,52-53H,3-4,6,8-10,12,14-16,18,20-22,25-48H2,1-2H3,(H,55,56)/b7-5-,13-11-,19-17-,24-23-. The Labute approximate surface area is 375 Å². The Balaban J connectivity index is 4.08. The highest BCUT2D eigenvalue weighted by Gasteiger charge is 2.26. The molecular weight excluding hydrogens is 788 g/mol. The lowest BCUT2D eigenvalue weighted by Crippen LogP contribution is -2.29. The molecule has 0 saturated carbocycles. The van der Waals surface area contributed by atoms with Crippen molar-refractivity contribution in [3.05, 3.63) is 48.6 Å². The molecule has 0 bridgehead atoms. The van der Waals surface area contributed by atoms with Gasteiger partial charge in [0.05, 0.1) is 26.4 Å². The molecule has 0 aromatic carbocycles. The summed E-state index contributed by atoms with van der Waals surface area (Å²) < 4.78 is 33.5. The van der Waals surface area contributed by atoms with Crippen LogP contribution in [0.3, 0.4) is 0 Å². The van der Waals surface area contributed by atoms with E-state index >= 15 is 0 Å². The van der Waals surface area contributed by atoms with E-state index in [1.807, 2.05) is 0 Å². The average molecular weight is 883 g/mol. The molecule has 0 radical (unpaired) electrons. The van der Waals surface area contributed by atoms with E-state index in [1.165, 1.54) is 135 Å². The van der Waals surface area contributed by atoms with Crippen LogP contribution in [0.1, 0.15) is 226 Å². The minimum absolute atomic E-state index is 0.0467. The summed E-state index contributed by atoms with van der Waals surface area (Å²) >= 11 is 0. The van der Waals surface area contributed by atoms with Gasteiger partial charge in [-0.1, -0.05) is 217 Å². The molecule has 0 aromatic rings. The zero-order valence-electron chi connectivity index (χ0n) is 39.4. The van der Waals surface area contributed by atoms with E-state index < -0.39 is 33.2 Å². The molecule has 3 atom stereocenters. The summed E-state index contributed by atoms with van der Waals surface area (Å²) in [5, 5.41) is 18.4. The Kier molecular flexibility index (Phi) is 46.6. The highest BCUT2D eigenvalue weighted by molar-refractivity contribution is 7.47. The van der Waals surface area contributed by atoms with Crippen molar-refractivity contribution in [2.24, 2.45) is 0 Å². The zero-order valence-corrected chi connectivity index (χ0v) is 40.3. The average Bonchev–Trinajstić information content (AvgIpc) is 3.25. The molecule has 0 fully saturated rings. The molecule has 9 nitrogen and oxygen atoms in total. The van der Waals surface area contributed by atoms with Gasteiger partial charge in [-0.15, -0.1) is 0 Å². The number of ether oxygens (including phenoxy) is 2. The summed E-state index contributed by atoms with van der Waals surface area (Å²) in [6, 6.07) is 0. The van der Waals surface area contributed by atoms with Crippen molar-refractivity contribution < 1.29 is 43.0 Å². The first kappa shape index (κ1) is 59.4. The second kappa shape index (κ2) is 47.9. The zero-order chi connectivity index (χ0) is 44.6. The van der Waals surface area contributed by atoms with Crippen molar-refractivity contribution in [1.82, 2.24) is 0 Å². The minimum atomic E-state index is -4.52. The Hall–Kier alpha value is -1.58. The van der Waals surface area contributed by atoms with Gasteiger partial charge in [0.25, 0.3) is 0 Å². The quantitative estimate of drug-likeness (QED) is 0.0236. The van der Waals surface area contributed by atoms with E-state index in [-0.39, 0.29) is 25.6 Å². The third-order valence-electron chi connectivity index (χ3n) is 10.8. The van der Waals surface area contributed by atoms with Crippen molar-refractivity contribution in [3.8, 4) is 0 Å². The van der Waals surface area contributed by atoms with Gasteiger partial charge in [0.1, 0.15) is 12.2 Å². The number of esters is 1. The number of aliphatic hydroxyl groups is 2. The van der Waals surface area contributed by atoms with Crippen LogP contribution < -0.4 is 0 Å². The predicted molar refractivity (Wildman–Crippen MR) is 256 cm³/mol. The molecular formula is C51H95O9P. The maximum absolute atomic E-state index is 12.7. The third kappa shape index (κ3) is 47.7. The van der Waals surface area contributed by atoms with Crippen LogP contribution in [-0.2, 0) is 27.9 Å². The molecule has 0 aliphatic carbocycles. The topological polar surface area (TPSA) is 132 Å². The highest BCUT2D eigenvalue weighted by Crippen LogP contribution is 2.43. The SMILES string of the molecule is CC/C=C\C/C=C\C/C=C\C/C=C\CCCCCCCCCCCOCC(COP(=O)(O)OCC(O)CO)OC(=O)CCCCCCCCCCCCCCCCCCCC. The lowest BCUT2D eigenvalue weighted by molar-refractivity contribution is -0.154. The maximum atomic E-state index is 12.7. The van der Waals surface area contributed by atoms with E-state index in [4.69, 9.17) is 23.6 Å². The van der Waals surface area contributed by atoms with Crippen LogP contribution >= 0.6 is 7.82 Å². The second-order valence-electron chi connectivity index (χ2n) is 16.8. The number of aliphatic hydroxyl groups excluding tert-OH is 2. The molecule has 0 aromatic heterocycles. The fraction of sp³-hybridized carbons (Fsp3) is 0.824. The lowest BCUT2D eigenvalue weighted by Gasteiger charge is -2.20. The molecule has 0 aliphatic heterocycles.